The monoisotopic (exact) mass is 386 g/mol. The van der Waals surface area contributed by atoms with Crippen LogP contribution >= 0.6 is 0 Å². The number of urea groups is 1. The van der Waals surface area contributed by atoms with E-state index in [4.69, 9.17) is 5.73 Å². The average Bonchev–Trinajstić information content (AvgIpc) is 2.65. The van der Waals surface area contributed by atoms with Gasteiger partial charge in [-0.15, -0.1) is 0 Å². The summed E-state index contributed by atoms with van der Waals surface area (Å²) in [5, 5.41) is 8.97. The summed E-state index contributed by atoms with van der Waals surface area (Å²) in [6.45, 7) is 4.35. The van der Waals surface area contributed by atoms with Gasteiger partial charge in [-0.25, -0.2) is 4.79 Å². The number of fused-ring (bicyclic) bond motifs is 2. The van der Waals surface area contributed by atoms with Crippen LogP contribution in [0.15, 0.2) is 30.3 Å². The van der Waals surface area contributed by atoms with Crippen LogP contribution in [0.1, 0.15) is 51.5 Å². The highest BCUT2D eigenvalue weighted by molar-refractivity contribution is 5.87. The Hall–Kier alpha value is -2.08. The normalized spacial score (nSPS) is 27.7. The molecule has 0 saturated heterocycles. The molecule has 2 bridgehead atoms. The molecule has 2 saturated carbocycles. The Morgan fingerprint density at radius 3 is 2.36 bits per heavy atom. The zero-order valence-electron chi connectivity index (χ0n) is 17.0. The zero-order chi connectivity index (χ0) is 20.1. The lowest BCUT2D eigenvalue weighted by atomic mass is 9.67. The number of carbonyl (C=O) groups excluding carboxylic acids is 2. The van der Waals surface area contributed by atoms with E-state index >= 15 is 0 Å². The quantitative estimate of drug-likeness (QED) is 0.605. The third-order valence-electron chi connectivity index (χ3n) is 6.22. The van der Waals surface area contributed by atoms with Gasteiger partial charge in [0.25, 0.3) is 0 Å². The molecule has 0 aliphatic heterocycles. The van der Waals surface area contributed by atoms with E-state index < -0.39 is 6.04 Å². The fourth-order valence-corrected chi connectivity index (χ4v) is 4.78. The largest absolute Gasteiger partial charge is 0.351 e. The summed E-state index contributed by atoms with van der Waals surface area (Å²) in [5.74, 6) is 0.854. The first-order chi connectivity index (χ1) is 13.4. The summed E-state index contributed by atoms with van der Waals surface area (Å²) in [7, 11) is 0. The molecular weight excluding hydrogens is 352 g/mol. The standard InChI is InChI=1S/C22H34N4O2/c1-14(2)19(26-22(28)24-13-15-7-4-3-5-8-15)21(27)25-20-16-9-6-10-17(20)12-18(23)11-16/h3-5,7-8,14,16-20H,6,9-13,23H2,1-2H3,(H,25,27)(H2,24,26,28). The summed E-state index contributed by atoms with van der Waals surface area (Å²) in [6, 6.07) is 9.31. The summed E-state index contributed by atoms with van der Waals surface area (Å²) in [6.07, 6.45) is 5.46. The highest BCUT2D eigenvalue weighted by Crippen LogP contribution is 2.39. The highest BCUT2D eigenvalue weighted by atomic mass is 16.2. The van der Waals surface area contributed by atoms with Gasteiger partial charge >= 0.3 is 6.03 Å². The van der Waals surface area contributed by atoms with Gasteiger partial charge in [0.05, 0.1) is 0 Å². The van der Waals surface area contributed by atoms with Gasteiger partial charge in [-0.2, -0.15) is 0 Å². The molecule has 28 heavy (non-hydrogen) atoms. The fourth-order valence-electron chi connectivity index (χ4n) is 4.78. The smallest absolute Gasteiger partial charge is 0.315 e. The molecule has 0 radical (unpaired) electrons. The summed E-state index contributed by atoms with van der Waals surface area (Å²) in [4.78, 5) is 25.3. The molecule has 3 atom stereocenters. The number of carbonyl (C=O) groups is 2. The van der Waals surface area contributed by atoms with Gasteiger partial charge in [0.15, 0.2) is 0 Å². The van der Waals surface area contributed by atoms with E-state index in [2.05, 4.69) is 16.0 Å². The lowest BCUT2D eigenvalue weighted by molar-refractivity contribution is -0.126. The van der Waals surface area contributed by atoms with Gasteiger partial charge in [0, 0.05) is 18.6 Å². The summed E-state index contributed by atoms with van der Waals surface area (Å²) >= 11 is 0. The molecule has 2 aliphatic carbocycles. The Bertz CT molecular complexity index is 650. The molecule has 5 N–H and O–H groups in total. The first kappa shape index (κ1) is 20.6. The highest BCUT2D eigenvalue weighted by Gasteiger charge is 2.41. The molecule has 2 fully saturated rings. The van der Waals surface area contributed by atoms with Gasteiger partial charge in [-0.05, 0) is 49.0 Å². The van der Waals surface area contributed by atoms with E-state index in [0.29, 0.717) is 18.4 Å². The van der Waals surface area contributed by atoms with Crippen molar-refractivity contribution in [1.29, 1.82) is 0 Å². The minimum Gasteiger partial charge on any atom is -0.351 e. The molecule has 6 heteroatoms. The molecule has 154 valence electrons. The number of rotatable bonds is 6. The van der Waals surface area contributed by atoms with Crippen molar-refractivity contribution in [3.63, 3.8) is 0 Å². The van der Waals surface area contributed by atoms with Crippen molar-refractivity contribution in [1.82, 2.24) is 16.0 Å². The van der Waals surface area contributed by atoms with E-state index in [1.54, 1.807) is 0 Å². The van der Waals surface area contributed by atoms with Crippen LogP contribution in [-0.4, -0.2) is 30.1 Å². The van der Waals surface area contributed by atoms with Crippen molar-refractivity contribution >= 4 is 11.9 Å². The SMILES string of the molecule is CC(C)C(NC(=O)NCc1ccccc1)C(=O)NC1C2CCCC1CC(N)C2. The van der Waals surface area contributed by atoms with E-state index in [0.717, 1.165) is 31.2 Å². The summed E-state index contributed by atoms with van der Waals surface area (Å²) in [5.41, 5.74) is 7.22. The average molecular weight is 387 g/mol. The van der Waals surface area contributed by atoms with Crippen molar-refractivity contribution in [3.05, 3.63) is 35.9 Å². The van der Waals surface area contributed by atoms with Gasteiger partial charge in [-0.3, -0.25) is 4.79 Å². The van der Waals surface area contributed by atoms with Crippen LogP contribution in [-0.2, 0) is 11.3 Å². The molecule has 3 rings (SSSR count). The Morgan fingerprint density at radius 1 is 1.11 bits per heavy atom. The Kier molecular flexibility index (Phi) is 6.94. The maximum atomic E-state index is 13.0. The topological polar surface area (TPSA) is 96.2 Å². The lowest BCUT2D eigenvalue weighted by Gasteiger charge is -2.45. The second-order valence-electron chi connectivity index (χ2n) is 8.75. The van der Waals surface area contributed by atoms with Crippen LogP contribution in [0.25, 0.3) is 0 Å². The Morgan fingerprint density at radius 2 is 1.75 bits per heavy atom. The molecule has 6 nitrogen and oxygen atoms in total. The predicted molar refractivity (Wildman–Crippen MR) is 110 cm³/mol. The maximum absolute atomic E-state index is 13.0. The first-order valence-corrected chi connectivity index (χ1v) is 10.6. The predicted octanol–water partition coefficient (Wildman–Crippen LogP) is 2.53. The molecule has 2 aliphatic rings. The van der Waals surface area contributed by atoms with E-state index in [1.165, 1.54) is 6.42 Å². The number of hydrogen-bond donors (Lipinski definition) is 4. The van der Waals surface area contributed by atoms with Crippen LogP contribution in [0.4, 0.5) is 4.79 Å². The van der Waals surface area contributed by atoms with Gasteiger partial charge in [0.2, 0.25) is 5.91 Å². The molecule has 1 aromatic rings. The fraction of sp³-hybridized carbons (Fsp3) is 0.636. The van der Waals surface area contributed by atoms with E-state index in [9.17, 15) is 9.59 Å². The van der Waals surface area contributed by atoms with Crippen LogP contribution in [0.3, 0.4) is 0 Å². The van der Waals surface area contributed by atoms with Gasteiger partial charge in [0.1, 0.15) is 6.04 Å². The van der Waals surface area contributed by atoms with Crippen molar-refractivity contribution in [2.45, 2.75) is 70.6 Å². The molecule has 3 amide bonds. The molecule has 0 spiro atoms. The third-order valence-corrected chi connectivity index (χ3v) is 6.22. The number of nitrogens with one attached hydrogen (secondary N) is 3. The first-order valence-electron chi connectivity index (χ1n) is 10.6. The van der Waals surface area contributed by atoms with E-state index in [-0.39, 0.29) is 29.9 Å². The number of nitrogens with two attached hydrogens (primary N) is 1. The molecule has 1 aromatic carbocycles. The van der Waals surface area contributed by atoms with Gasteiger partial charge < -0.3 is 21.7 Å². The molecule has 0 heterocycles. The van der Waals surface area contributed by atoms with Crippen molar-refractivity contribution in [2.75, 3.05) is 0 Å². The second kappa shape index (κ2) is 9.41. The van der Waals surface area contributed by atoms with Crippen molar-refractivity contribution in [3.8, 4) is 0 Å². The molecular formula is C22H34N4O2. The number of hydrogen-bond acceptors (Lipinski definition) is 3. The lowest BCUT2D eigenvalue weighted by Crippen LogP contribution is -2.59. The summed E-state index contributed by atoms with van der Waals surface area (Å²) < 4.78 is 0. The number of amides is 3. The van der Waals surface area contributed by atoms with Crippen LogP contribution < -0.4 is 21.7 Å². The van der Waals surface area contributed by atoms with Crippen molar-refractivity contribution < 1.29 is 9.59 Å². The van der Waals surface area contributed by atoms with Gasteiger partial charge in [-0.1, -0.05) is 50.6 Å². The Labute approximate surface area is 168 Å². The maximum Gasteiger partial charge on any atom is 0.315 e. The third kappa shape index (κ3) is 5.25. The van der Waals surface area contributed by atoms with Crippen LogP contribution in [0.2, 0.25) is 0 Å². The van der Waals surface area contributed by atoms with E-state index in [1.807, 2.05) is 44.2 Å². The van der Waals surface area contributed by atoms with Crippen LogP contribution in [0, 0.1) is 17.8 Å². The minimum atomic E-state index is -0.549. The number of benzene rings is 1. The zero-order valence-corrected chi connectivity index (χ0v) is 17.0. The van der Waals surface area contributed by atoms with Crippen LogP contribution in [0.5, 0.6) is 0 Å². The Balaban J connectivity index is 1.55. The second-order valence-corrected chi connectivity index (χ2v) is 8.75. The molecule has 0 aromatic heterocycles. The molecule has 3 unspecified atom stereocenters. The minimum absolute atomic E-state index is 0.00756. The van der Waals surface area contributed by atoms with Crippen molar-refractivity contribution in [2.24, 2.45) is 23.5 Å².